The molecule has 0 aromatic carbocycles. The summed E-state index contributed by atoms with van der Waals surface area (Å²) in [5, 5.41) is 1.66. The topological polar surface area (TPSA) is 81.3 Å². The molecule has 0 saturated heterocycles. The molecule has 1 aliphatic carbocycles. The van der Waals surface area contributed by atoms with Crippen LogP contribution in [-0.4, -0.2) is 25.9 Å². The van der Waals surface area contributed by atoms with E-state index in [1.165, 1.54) is 0 Å². The molecule has 0 aromatic rings. The van der Waals surface area contributed by atoms with E-state index in [1.54, 1.807) is 5.01 Å². The van der Waals surface area contributed by atoms with E-state index in [2.05, 4.69) is 13.8 Å². The number of hydrazine groups is 1. The van der Waals surface area contributed by atoms with Gasteiger partial charge in [-0.05, 0) is 30.7 Å². The van der Waals surface area contributed by atoms with E-state index in [1.807, 2.05) is 6.20 Å². The minimum Gasteiger partial charge on any atom is -0.401 e. The zero-order valence-corrected chi connectivity index (χ0v) is 11.7. The fourth-order valence-electron chi connectivity index (χ4n) is 2.35. The van der Waals surface area contributed by atoms with E-state index < -0.39 is 0 Å². The van der Waals surface area contributed by atoms with E-state index in [0.29, 0.717) is 24.8 Å². The van der Waals surface area contributed by atoms with Gasteiger partial charge in [-0.2, -0.15) is 0 Å². The lowest BCUT2D eigenvalue weighted by Crippen LogP contribution is -2.40. The number of rotatable bonds is 5. The molecule has 0 amide bonds. The Morgan fingerprint density at radius 1 is 1.33 bits per heavy atom. The minimum atomic E-state index is 0.000445. The van der Waals surface area contributed by atoms with Crippen LogP contribution in [0.25, 0.3) is 0 Å². The fourth-order valence-corrected chi connectivity index (χ4v) is 2.35. The van der Waals surface area contributed by atoms with Crippen LogP contribution in [0.5, 0.6) is 0 Å². The molecule has 0 aromatic heterocycles. The van der Waals surface area contributed by atoms with Crippen molar-refractivity contribution in [2.75, 3.05) is 13.1 Å². The number of hydrogen-bond donors (Lipinski definition) is 3. The predicted octanol–water partition coefficient (Wildman–Crippen LogP) is 1.09. The molecule has 0 bridgehead atoms. The van der Waals surface area contributed by atoms with Gasteiger partial charge in [0.1, 0.15) is 0 Å². The van der Waals surface area contributed by atoms with Crippen LogP contribution in [0.3, 0.4) is 0 Å². The van der Waals surface area contributed by atoms with Crippen LogP contribution in [-0.2, 0) is 0 Å². The Hall–Kier alpha value is -0.675. The molecular formula is C13H27BN4. The molecule has 2 radical (unpaired) electrons. The van der Waals surface area contributed by atoms with Gasteiger partial charge in [0.2, 0.25) is 0 Å². The monoisotopic (exact) mass is 250 g/mol. The first-order valence-electron chi connectivity index (χ1n) is 6.78. The van der Waals surface area contributed by atoms with Crippen molar-refractivity contribution in [3.8, 4) is 0 Å². The van der Waals surface area contributed by atoms with Crippen molar-refractivity contribution in [3.05, 3.63) is 11.9 Å². The highest BCUT2D eigenvalue weighted by atomic mass is 15.4. The third kappa shape index (κ3) is 4.90. The molecule has 0 aliphatic heterocycles. The zero-order valence-electron chi connectivity index (χ0n) is 11.7. The largest absolute Gasteiger partial charge is 0.401 e. The van der Waals surface area contributed by atoms with Crippen LogP contribution in [0.4, 0.5) is 0 Å². The molecular weight excluding hydrogens is 223 g/mol. The van der Waals surface area contributed by atoms with E-state index in [0.717, 1.165) is 31.4 Å². The van der Waals surface area contributed by atoms with E-state index in [4.69, 9.17) is 25.2 Å². The van der Waals surface area contributed by atoms with Gasteiger partial charge >= 0.3 is 0 Å². The van der Waals surface area contributed by atoms with Gasteiger partial charge in [-0.1, -0.05) is 32.5 Å². The first kappa shape index (κ1) is 15.4. The summed E-state index contributed by atoms with van der Waals surface area (Å²) in [7, 11) is 5.89. The molecule has 1 aliphatic rings. The van der Waals surface area contributed by atoms with Crippen LogP contribution in [0, 0.1) is 11.3 Å². The average Bonchev–Trinajstić information content (AvgIpc) is 2.29. The highest BCUT2D eigenvalue weighted by Crippen LogP contribution is 2.33. The van der Waals surface area contributed by atoms with Crippen molar-refractivity contribution in [1.82, 2.24) is 5.01 Å². The number of nitrogens with zero attached hydrogens (tertiary/aromatic N) is 1. The summed E-state index contributed by atoms with van der Waals surface area (Å²) in [6.45, 7) is 5.50. The van der Waals surface area contributed by atoms with Gasteiger partial charge in [-0.15, -0.1) is 0 Å². The Morgan fingerprint density at radius 3 is 2.39 bits per heavy atom. The minimum absolute atomic E-state index is 0.000445. The predicted molar refractivity (Wildman–Crippen MR) is 77.5 cm³/mol. The lowest BCUT2D eigenvalue weighted by atomic mass is 9.71. The zero-order chi connectivity index (χ0) is 13.8. The maximum absolute atomic E-state index is 6.12. The van der Waals surface area contributed by atoms with Crippen molar-refractivity contribution >= 4 is 7.85 Å². The van der Waals surface area contributed by atoms with Crippen LogP contribution in [0.1, 0.15) is 39.5 Å². The van der Waals surface area contributed by atoms with Crippen LogP contribution >= 0.6 is 0 Å². The molecule has 1 rings (SSSR count). The van der Waals surface area contributed by atoms with Gasteiger partial charge in [-0.25, -0.2) is 5.84 Å². The van der Waals surface area contributed by atoms with Crippen LogP contribution in [0.15, 0.2) is 11.9 Å². The molecule has 18 heavy (non-hydrogen) atoms. The van der Waals surface area contributed by atoms with Gasteiger partial charge < -0.3 is 16.5 Å². The molecule has 0 heterocycles. The van der Waals surface area contributed by atoms with Crippen molar-refractivity contribution in [1.29, 1.82) is 0 Å². The Morgan fingerprint density at radius 2 is 1.89 bits per heavy atom. The Bertz CT molecular complexity index is 283. The lowest BCUT2D eigenvalue weighted by molar-refractivity contribution is 0.238. The smallest absolute Gasteiger partial charge is 0.0699 e. The SMILES string of the molecule is [B]C1CCC(/C(N)=C/N(N)CC(C)(C)CN)CC1. The third-order valence-corrected chi connectivity index (χ3v) is 3.72. The summed E-state index contributed by atoms with van der Waals surface area (Å²) >= 11 is 0. The number of hydrogen-bond acceptors (Lipinski definition) is 4. The van der Waals surface area contributed by atoms with Gasteiger partial charge in [0.15, 0.2) is 0 Å². The van der Waals surface area contributed by atoms with E-state index >= 15 is 0 Å². The first-order valence-corrected chi connectivity index (χ1v) is 6.78. The second-order valence-corrected chi connectivity index (χ2v) is 6.28. The molecule has 0 atom stereocenters. The molecule has 102 valence electrons. The van der Waals surface area contributed by atoms with Crippen molar-refractivity contribution in [3.63, 3.8) is 0 Å². The maximum atomic E-state index is 6.12. The van der Waals surface area contributed by atoms with Gasteiger partial charge in [0.25, 0.3) is 0 Å². The van der Waals surface area contributed by atoms with Crippen LogP contribution in [0.2, 0.25) is 5.82 Å². The van der Waals surface area contributed by atoms with E-state index in [9.17, 15) is 0 Å². The number of nitrogens with two attached hydrogens (primary N) is 3. The lowest BCUT2D eigenvalue weighted by Gasteiger charge is -2.30. The normalized spacial score (nSPS) is 26.1. The van der Waals surface area contributed by atoms with Crippen LogP contribution < -0.4 is 17.3 Å². The second kappa shape index (κ2) is 6.48. The molecule has 0 spiro atoms. The van der Waals surface area contributed by atoms with Gasteiger partial charge in [0.05, 0.1) is 7.85 Å². The summed E-state index contributed by atoms with van der Waals surface area (Å²) in [6.07, 6.45) is 6.10. The molecule has 4 nitrogen and oxygen atoms in total. The average molecular weight is 250 g/mol. The quantitative estimate of drug-likeness (QED) is 0.387. The summed E-state index contributed by atoms with van der Waals surface area (Å²) < 4.78 is 0. The molecule has 1 saturated carbocycles. The third-order valence-electron chi connectivity index (χ3n) is 3.72. The highest BCUT2D eigenvalue weighted by molar-refractivity contribution is 6.11. The van der Waals surface area contributed by atoms with Crippen molar-refractivity contribution in [2.24, 2.45) is 28.6 Å². The number of allylic oxidation sites excluding steroid dienone is 1. The maximum Gasteiger partial charge on any atom is 0.0699 e. The van der Waals surface area contributed by atoms with Crippen molar-refractivity contribution < 1.29 is 0 Å². The molecule has 1 fully saturated rings. The standard InChI is InChI=1S/C13H27BN4/c1-13(2,8-15)9-18(17)7-12(16)10-3-5-11(14)6-4-10/h7,10-11H,3-6,8-9,15-17H2,1-2H3/b12-7-. The molecule has 0 unspecified atom stereocenters. The van der Waals surface area contributed by atoms with Gasteiger partial charge in [-0.3, -0.25) is 0 Å². The van der Waals surface area contributed by atoms with E-state index in [-0.39, 0.29) is 5.41 Å². The molecule has 6 N–H and O–H groups in total. The molecule has 5 heteroatoms. The second-order valence-electron chi connectivity index (χ2n) is 6.28. The first-order chi connectivity index (χ1) is 8.34. The Kier molecular flexibility index (Phi) is 5.54. The summed E-state index contributed by atoms with van der Waals surface area (Å²) in [5.41, 5.74) is 12.7. The summed E-state index contributed by atoms with van der Waals surface area (Å²) in [5.74, 6) is 6.74. The highest BCUT2D eigenvalue weighted by Gasteiger charge is 2.21. The summed E-state index contributed by atoms with van der Waals surface area (Å²) in [4.78, 5) is 0. The fraction of sp³-hybridized carbons (Fsp3) is 0.846. The summed E-state index contributed by atoms with van der Waals surface area (Å²) in [6, 6.07) is 0. The van der Waals surface area contributed by atoms with Gasteiger partial charge in [0, 0.05) is 18.4 Å². The Labute approximate surface area is 112 Å². The van der Waals surface area contributed by atoms with Crippen molar-refractivity contribution in [2.45, 2.75) is 45.3 Å². The Balaban J connectivity index is 2.49.